The maximum atomic E-state index is 6.28. The van der Waals surface area contributed by atoms with Gasteiger partial charge < -0.3 is 32.9 Å². The van der Waals surface area contributed by atoms with Crippen LogP contribution in [-0.2, 0) is 32.9 Å². The van der Waals surface area contributed by atoms with Crippen LogP contribution in [0.15, 0.2) is 0 Å². The highest BCUT2D eigenvalue weighted by atomic mass is 28.5. The number of hydrogen-bond acceptors (Lipinski definition) is 8. The summed E-state index contributed by atoms with van der Waals surface area (Å²) < 4.78 is 49.5. The Labute approximate surface area is 307 Å². The maximum absolute atomic E-state index is 6.28. The molecule has 0 heterocycles. The van der Waals surface area contributed by atoms with E-state index in [0.717, 1.165) is 0 Å². The number of hydrogen-bond donors (Lipinski definition) is 0. The first-order chi connectivity index (χ1) is 19.7. The van der Waals surface area contributed by atoms with Gasteiger partial charge in [0.25, 0.3) is 0 Å². The summed E-state index contributed by atoms with van der Waals surface area (Å²) in [5.41, 5.74) is 0. The van der Waals surface area contributed by atoms with E-state index in [-0.39, 0.29) is 0 Å². The largest absolute Gasteiger partial charge is 0.437 e. The monoisotopic (exact) mass is 856 g/mol. The molecule has 0 N–H and O–H groups in total. The van der Waals surface area contributed by atoms with Gasteiger partial charge in [0.15, 0.2) is 49.9 Å². The standard InChI is InChI=1S/2C10H30O3Si4.C8H24O2Si3/c2*1-14(2,3)11-16(7,8)13-17(9,10)12-15(4,5)6;1-11(2,3)9-13(7,8)10-12(4,5)6/h2*1-10H3;1-8H3. The minimum atomic E-state index is -2.05. The highest BCUT2D eigenvalue weighted by Crippen LogP contribution is 2.25. The lowest BCUT2D eigenvalue weighted by atomic mass is 11.8. The van der Waals surface area contributed by atoms with Crippen LogP contribution in [-0.4, -0.2) is 92.7 Å². The van der Waals surface area contributed by atoms with Gasteiger partial charge >= 0.3 is 42.8 Å². The van der Waals surface area contributed by atoms with Crippen LogP contribution in [0.5, 0.6) is 0 Å². The molecular weight excluding hydrogens is 773 g/mol. The van der Waals surface area contributed by atoms with E-state index >= 15 is 0 Å². The molecule has 0 spiro atoms. The molecule has 0 fully saturated rings. The minimum Gasteiger partial charge on any atom is -0.437 e. The molecule has 0 aromatic heterocycles. The summed E-state index contributed by atoms with van der Waals surface area (Å²) in [5, 5.41) is 0. The van der Waals surface area contributed by atoms with Gasteiger partial charge in [-0.2, -0.15) is 0 Å². The van der Waals surface area contributed by atoms with Gasteiger partial charge in [0.2, 0.25) is 0 Å². The molecule has 0 amide bonds. The summed E-state index contributed by atoms with van der Waals surface area (Å²) in [4.78, 5) is 0. The second kappa shape index (κ2) is 18.4. The summed E-state index contributed by atoms with van der Waals surface area (Å²) >= 11 is 0. The van der Waals surface area contributed by atoms with Crippen molar-refractivity contribution in [3.63, 3.8) is 0 Å². The Hall–Kier alpha value is 2.07. The highest BCUT2D eigenvalue weighted by Gasteiger charge is 2.42. The first-order valence-electron chi connectivity index (χ1n) is 17.3. The lowest BCUT2D eigenvalue weighted by Crippen LogP contribution is -2.55. The highest BCUT2D eigenvalue weighted by molar-refractivity contribution is 6.90. The molecule has 0 aromatic carbocycles. The second-order valence-corrected chi connectivity index (χ2v) is 66.4. The fraction of sp³-hybridized carbons (Fsp3) is 1.00. The van der Waals surface area contributed by atoms with E-state index in [1.165, 1.54) is 0 Å². The van der Waals surface area contributed by atoms with Crippen molar-refractivity contribution in [2.45, 2.75) is 183 Å². The van der Waals surface area contributed by atoms with Crippen LogP contribution in [0.3, 0.4) is 0 Å². The van der Waals surface area contributed by atoms with Crippen molar-refractivity contribution in [3.8, 4) is 0 Å². The van der Waals surface area contributed by atoms with Crippen LogP contribution in [0.2, 0.25) is 183 Å². The van der Waals surface area contributed by atoms with Crippen molar-refractivity contribution in [2.75, 3.05) is 0 Å². The summed E-state index contributed by atoms with van der Waals surface area (Å²) in [6, 6.07) is 0. The van der Waals surface area contributed by atoms with E-state index in [1.54, 1.807) is 0 Å². The molecule has 0 saturated heterocycles. The summed E-state index contributed by atoms with van der Waals surface area (Å²) in [5.74, 6) is 0. The molecule has 288 valence electrons. The van der Waals surface area contributed by atoms with Crippen LogP contribution in [0.1, 0.15) is 0 Å². The Morgan fingerprint density at radius 3 is 0.319 bits per heavy atom. The molecule has 0 aliphatic carbocycles. The van der Waals surface area contributed by atoms with Gasteiger partial charge in [0, 0.05) is 0 Å². The third-order valence-corrected chi connectivity index (χ3v) is 38.7. The SMILES string of the molecule is C[Si](C)(C)O[Si](C)(C)O[Si](C)(C)C.C[Si](C)(C)O[Si](C)(C)O[Si](C)(C)O[Si](C)(C)C.C[Si](C)(C)O[Si](C)(C)O[Si](C)(C)O[Si](C)(C)C. The van der Waals surface area contributed by atoms with E-state index in [1.807, 2.05) is 0 Å². The topological polar surface area (TPSA) is 73.8 Å². The van der Waals surface area contributed by atoms with Crippen molar-refractivity contribution in [2.24, 2.45) is 0 Å². The van der Waals surface area contributed by atoms with Gasteiger partial charge in [-0.05, 0) is 183 Å². The molecule has 0 aromatic rings. The molecule has 8 nitrogen and oxygen atoms in total. The van der Waals surface area contributed by atoms with Gasteiger partial charge in [-0.3, -0.25) is 0 Å². The van der Waals surface area contributed by atoms with Crippen LogP contribution in [0.4, 0.5) is 0 Å². The third-order valence-electron chi connectivity index (χ3n) is 4.30. The molecule has 47 heavy (non-hydrogen) atoms. The molecule has 0 saturated carbocycles. The Bertz CT molecular complexity index is 782. The van der Waals surface area contributed by atoms with Crippen molar-refractivity contribution in [1.82, 2.24) is 0 Å². The van der Waals surface area contributed by atoms with E-state index in [4.69, 9.17) is 32.9 Å². The first-order valence-corrected chi connectivity index (χ1v) is 51.8. The van der Waals surface area contributed by atoms with E-state index in [2.05, 4.69) is 183 Å². The summed E-state index contributed by atoms with van der Waals surface area (Å²) in [6.07, 6.45) is 0. The number of rotatable bonds is 16. The van der Waals surface area contributed by atoms with Crippen LogP contribution >= 0.6 is 0 Å². The smallest absolute Gasteiger partial charge is 0.312 e. The van der Waals surface area contributed by atoms with E-state index in [0.29, 0.717) is 0 Å². The normalized spacial score (nSPS) is 15.1. The zero-order chi connectivity index (χ0) is 39.2. The Kier molecular flexibility index (Phi) is 20.9. The minimum absolute atomic E-state index is 1.43. The fourth-order valence-electron chi connectivity index (χ4n) is 5.71. The van der Waals surface area contributed by atoms with Crippen LogP contribution in [0.25, 0.3) is 0 Å². The molecule has 0 bridgehead atoms. The third kappa shape index (κ3) is 40.7. The average molecular weight is 858 g/mol. The summed E-state index contributed by atoms with van der Waals surface area (Å²) in [7, 11) is -19.1. The molecule has 0 aliphatic heterocycles. The fourth-order valence-corrected chi connectivity index (χ4v) is 53.3. The van der Waals surface area contributed by atoms with Crippen LogP contribution in [0, 0.1) is 0 Å². The predicted octanol–water partition coefficient (Wildman–Crippen LogP) is 11.6. The predicted molar refractivity (Wildman–Crippen MR) is 236 cm³/mol. The first kappa shape index (κ1) is 53.4. The van der Waals surface area contributed by atoms with Crippen molar-refractivity contribution in [3.05, 3.63) is 0 Å². The molecule has 0 unspecified atom stereocenters. The summed E-state index contributed by atoms with van der Waals surface area (Å²) in [6.45, 7) is 61.2. The lowest BCUT2D eigenvalue weighted by Gasteiger charge is -2.39. The maximum Gasteiger partial charge on any atom is 0.312 e. The molecule has 0 radical (unpaired) electrons. The van der Waals surface area contributed by atoms with E-state index in [9.17, 15) is 0 Å². The van der Waals surface area contributed by atoms with E-state index < -0.39 is 92.7 Å². The van der Waals surface area contributed by atoms with Crippen LogP contribution < -0.4 is 0 Å². The molecule has 0 atom stereocenters. The van der Waals surface area contributed by atoms with Gasteiger partial charge in [0.05, 0.1) is 0 Å². The zero-order valence-corrected chi connectivity index (χ0v) is 47.8. The zero-order valence-electron chi connectivity index (χ0n) is 36.8. The Morgan fingerprint density at radius 2 is 0.234 bits per heavy atom. The molecular formula is C28H84O8Si11. The average Bonchev–Trinajstić information content (AvgIpc) is 2.44. The Morgan fingerprint density at radius 1 is 0.149 bits per heavy atom. The van der Waals surface area contributed by atoms with Crippen molar-refractivity contribution < 1.29 is 32.9 Å². The van der Waals surface area contributed by atoms with Crippen molar-refractivity contribution >= 4 is 92.7 Å². The quantitative estimate of drug-likeness (QED) is 0.142. The second-order valence-electron chi connectivity index (χ2n) is 20.5. The van der Waals surface area contributed by atoms with Crippen molar-refractivity contribution in [1.29, 1.82) is 0 Å². The molecule has 0 rings (SSSR count). The molecule has 19 heteroatoms. The van der Waals surface area contributed by atoms with Gasteiger partial charge in [0.1, 0.15) is 0 Å². The van der Waals surface area contributed by atoms with Gasteiger partial charge in [-0.25, -0.2) is 0 Å². The Balaban J connectivity index is -0.000000625. The van der Waals surface area contributed by atoms with Gasteiger partial charge in [-0.15, -0.1) is 0 Å². The molecule has 0 aliphatic rings. The lowest BCUT2D eigenvalue weighted by molar-refractivity contribution is 0.329. The van der Waals surface area contributed by atoms with Gasteiger partial charge in [-0.1, -0.05) is 0 Å².